The maximum atomic E-state index is 12.0. The lowest BCUT2D eigenvalue weighted by Gasteiger charge is -2.16. The average Bonchev–Trinajstić information content (AvgIpc) is 3.24. The van der Waals surface area contributed by atoms with Crippen LogP contribution in [0.3, 0.4) is 0 Å². The molecule has 1 aromatic rings. The van der Waals surface area contributed by atoms with Crippen LogP contribution in [0.15, 0.2) is 29.2 Å². The second kappa shape index (κ2) is 7.45. The van der Waals surface area contributed by atoms with Gasteiger partial charge in [-0.3, -0.25) is 4.21 Å². The van der Waals surface area contributed by atoms with Crippen molar-refractivity contribution < 1.29 is 9.00 Å². The molecule has 6 heteroatoms. The van der Waals surface area contributed by atoms with Crippen LogP contribution < -0.4 is 10.6 Å². The van der Waals surface area contributed by atoms with Crippen LogP contribution >= 0.6 is 0 Å². The Labute approximate surface area is 140 Å². The second-order valence-electron chi connectivity index (χ2n) is 6.61. The quantitative estimate of drug-likeness (QED) is 0.832. The molecule has 1 saturated carbocycles. The summed E-state index contributed by atoms with van der Waals surface area (Å²) in [6.07, 6.45) is 5.45. The number of rotatable bonds is 6. The number of nitrogens with one attached hydrogen (secondary N) is 2. The third kappa shape index (κ3) is 5.04. The van der Waals surface area contributed by atoms with E-state index in [1.165, 1.54) is 19.4 Å². The van der Waals surface area contributed by atoms with E-state index in [0.717, 1.165) is 35.9 Å². The molecule has 0 radical (unpaired) electrons. The van der Waals surface area contributed by atoms with Gasteiger partial charge in [-0.15, -0.1) is 0 Å². The van der Waals surface area contributed by atoms with Gasteiger partial charge in [0.15, 0.2) is 0 Å². The predicted molar refractivity (Wildman–Crippen MR) is 91.7 cm³/mol. The fourth-order valence-corrected chi connectivity index (χ4v) is 3.52. The van der Waals surface area contributed by atoms with Crippen molar-refractivity contribution in [3.8, 4) is 0 Å². The van der Waals surface area contributed by atoms with E-state index in [1.54, 1.807) is 6.26 Å². The summed E-state index contributed by atoms with van der Waals surface area (Å²) in [5, 5.41) is 5.96. The topological polar surface area (TPSA) is 61.4 Å². The molecule has 2 fully saturated rings. The Morgan fingerprint density at radius 3 is 2.65 bits per heavy atom. The van der Waals surface area contributed by atoms with Gasteiger partial charge in [-0.05, 0) is 42.9 Å². The second-order valence-corrected chi connectivity index (χ2v) is 7.99. The van der Waals surface area contributed by atoms with Gasteiger partial charge in [-0.2, -0.15) is 0 Å². The summed E-state index contributed by atoms with van der Waals surface area (Å²) in [5.41, 5.74) is 1.01. The molecule has 2 aliphatic rings. The first kappa shape index (κ1) is 16.5. The summed E-state index contributed by atoms with van der Waals surface area (Å²) in [6.45, 7) is 3.75. The van der Waals surface area contributed by atoms with Crippen LogP contribution in [0.4, 0.5) is 4.79 Å². The number of likely N-dealkylation sites (tertiary alicyclic amines) is 1. The highest BCUT2D eigenvalue weighted by Gasteiger charge is 2.29. The van der Waals surface area contributed by atoms with Crippen LogP contribution in [0, 0.1) is 5.92 Å². The first-order valence-electron chi connectivity index (χ1n) is 8.29. The van der Waals surface area contributed by atoms with E-state index in [2.05, 4.69) is 15.5 Å². The molecule has 2 N–H and O–H groups in total. The van der Waals surface area contributed by atoms with E-state index in [0.29, 0.717) is 6.54 Å². The Morgan fingerprint density at radius 2 is 2.00 bits per heavy atom. The highest BCUT2D eigenvalue weighted by molar-refractivity contribution is 7.84. The average molecular weight is 335 g/mol. The molecule has 1 saturated heterocycles. The van der Waals surface area contributed by atoms with Crippen molar-refractivity contribution in [1.29, 1.82) is 0 Å². The molecule has 0 aromatic heterocycles. The zero-order valence-corrected chi connectivity index (χ0v) is 14.4. The highest BCUT2D eigenvalue weighted by atomic mass is 32.2. The lowest BCUT2D eigenvalue weighted by Crippen LogP contribution is -2.43. The standard InChI is InChI=1S/C17H25N3O2S/c1-23(22)16-6-4-13(5-7-16)10-18-17(21)19-15-8-9-20(12-15)11-14-2-3-14/h4-7,14-15H,2-3,8-12H2,1H3,(H2,18,19,21)/t15-,23-/m1/s1. The van der Waals surface area contributed by atoms with E-state index in [-0.39, 0.29) is 12.1 Å². The molecule has 23 heavy (non-hydrogen) atoms. The molecule has 0 unspecified atom stereocenters. The number of benzene rings is 1. The molecule has 1 aliphatic carbocycles. The van der Waals surface area contributed by atoms with Gasteiger partial charge in [0.1, 0.15) is 0 Å². The zero-order valence-electron chi connectivity index (χ0n) is 13.6. The molecule has 5 nitrogen and oxygen atoms in total. The highest BCUT2D eigenvalue weighted by Crippen LogP contribution is 2.30. The van der Waals surface area contributed by atoms with Crippen LogP contribution in [0.25, 0.3) is 0 Å². The largest absolute Gasteiger partial charge is 0.334 e. The number of amides is 2. The molecule has 2 atom stereocenters. The Hall–Kier alpha value is -1.40. The molecule has 1 aromatic carbocycles. The fraction of sp³-hybridized carbons (Fsp3) is 0.588. The molecule has 1 aliphatic heterocycles. The molecule has 3 rings (SSSR count). The van der Waals surface area contributed by atoms with Gasteiger partial charge >= 0.3 is 6.03 Å². The van der Waals surface area contributed by atoms with Crippen LogP contribution in [-0.4, -0.2) is 47.1 Å². The lowest BCUT2D eigenvalue weighted by atomic mass is 10.2. The number of carbonyl (C=O) groups excluding carboxylic acids is 1. The predicted octanol–water partition coefficient (Wildman–Crippen LogP) is 1.71. The molecular weight excluding hydrogens is 310 g/mol. The summed E-state index contributed by atoms with van der Waals surface area (Å²) in [7, 11) is -0.961. The minimum absolute atomic E-state index is 0.105. The minimum atomic E-state index is -0.961. The zero-order chi connectivity index (χ0) is 16.2. The third-order valence-electron chi connectivity index (χ3n) is 4.53. The van der Waals surface area contributed by atoms with Crippen molar-refractivity contribution in [2.75, 3.05) is 25.9 Å². The van der Waals surface area contributed by atoms with Crippen molar-refractivity contribution in [2.24, 2.45) is 5.92 Å². The number of hydrogen-bond donors (Lipinski definition) is 2. The van der Waals surface area contributed by atoms with Gasteiger partial charge in [0.25, 0.3) is 0 Å². The van der Waals surface area contributed by atoms with Crippen LogP contribution in [0.1, 0.15) is 24.8 Å². The van der Waals surface area contributed by atoms with Gasteiger partial charge in [0.05, 0.1) is 0 Å². The molecule has 126 valence electrons. The number of carbonyl (C=O) groups is 1. The summed E-state index contributed by atoms with van der Waals surface area (Å²) < 4.78 is 11.3. The van der Waals surface area contributed by atoms with Crippen molar-refractivity contribution in [3.63, 3.8) is 0 Å². The first-order valence-corrected chi connectivity index (χ1v) is 9.85. The number of urea groups is 1. The summed E-state index contributed by atoms with van der Waals surface area (Å²) in [6, 6.07) is 7.66. The maximum Gasteiger partial charge on any atom is 0.315 e. The lowest BCUT2D eigenvalue weighted by molar-refractivity contribution is 0.235. The van der Waals surface area contributed by atoms with E-state index in [4.69, 9.17) is 0 Å². The van der Waals surface area contributed by atoms with Gasteiger partial charge < -0.3 is 15.5 Å². The Kier molecular flexibility index (Phi) is 5.33. The van der Waals surface area contributed by atoms with Crippen LogP contribution in [-0.2, 0) is 17.3 Å². The van der Waals surface area contributed by atoms with Crippen LogP contribution in [0.2, 0.25) is 0 Å². The molecule has 0 spiro atoms. The van der Waals surface area contributed by atoms with Crippen molar-refractivity contribution in [1.82, 2.24) is 15.5 Å². The summed E-state index contributed by atoms with van der Waals surface area (Å²) in [4.78, 5) is 15.3. The minimum Gasteiger partial charge on any atom is -0.334 e. The van der Waals surface area contributed by atoms with Crippen molar-refractivity contribution in [3.05, 3.63) is 29.8 Å². The van der Waals surface area contributed by atoms with Gasteiger partial charge in [0.2, 0.25) is 0 Å². The van der Waals surface area contributed by atoms with Crippen LogP contribution in [0.5, 0.6) is 0 Å². The van der Waals surface area contributed by atoms with E-state index >= 15 is 0 Å². The van der Waals surface area contributed by atoms with Crippen molar-refractivity contribution >= 4 is 16.8 Å². The van der Waals surface area contributed by atoms with E-state index < -0.39 is 10.8 Å². The van der Waals surface area contributed by atoms with Crippen molar-refractivity contribution in [2.45, 2.75) is 36.7 Å². The molecule has 2 amide bonds. The smallest absolute Gasteiger partial charge is 0.315 e. The number of hydrogen-bond acceptors (Lipinski definition) is 3. The Morgan fingerprint density at radius 1 is 1.26 bits per heavy atom. The first-order chi connectivity index (χ1) is 11.1. The third-order valence-corrected chi connectivity index (χ3v) is 5.47. The monoisotopic (exact) mass is 335 g/mol. The summed E-state index contributed by atoms with van der Waals surface area (Å²) in [5.74, 6) is 0.906. The molecular formula is C17H25N3O2S. The Balaban J connectivity index is 1.38. The summed E-state index contributed by atoms with van der Waals surface area (Å²) >= 11 is 0. The van der Waals surface area contributed by atoms with Gasteiger partial charge in [-0.1, -0.05) is 12.1 Å². The Bertz CT molecular complexity index is 572. The van der Waals surface area contributed by atoms with Gasteiger partial charge in [-0.25, -0.2) is 4.79 Å². The molecule has 1 heterocycles. The number of nitrogens with zero attached hydrogens (tertiary/aromatic N) is 1. The normalized spacial score (nSPS) is 22.7. The van der Waals surface area contributed by atoms with E-state index in [1.807, 2.05) is 24.3 Å². The van der Waals surface area contributed by atoms with E-state index in [9.17, 15) is 9.00 Å². The maximum absolute atomic E-state index is 12.0. The molecule has 0 bridgehead atoms. The SMILES string of the molecule is C[S@@](=O)c1ccc(CNC(=O)N[C@@H]2CCN(CC3CC3)C2)cc1. The fourth-order valence-electron chi connectivity index (χ4n) is 3.00. The van der Waals surface area contributed by atoms with Gasteiger partial charge in [0, 0.05) is 54.2 Å².